The van der Waals surface area contributed by atoms with Crippen molar-refractivity contribution in [1.29, 1.82) is 0 Å². The average Bonchev–Trinajstić information content (AvgIpc) is 2.43. The highest BCUT2D eigenvalue weighted by Gasteiger charge is 2.41. The van der Waals surface area contributed by atoms with Crippen LogP contribution in [0.15, 0.2) is 0 Å². The Kier molecular flexibility index (Phi) is 4.95. The summed E-state index contributed by atoms with van der Waals surface area (Å²) in [7, 11) is 0. The molecule has 1 heterocycles. The number of likely N-dealkylation sites (tertiary alicyclic amines) is 1. The Balaban J connectivity index is 2.14. The summed E-state index contributed by atoms with van der Waals surface area (Å²) in [6.45, 7) is 8.63. The van der Waals surface area contributed by atoms with E-state index in [0.717, 1.165) is 13.0 Å². The van der Waals surface area contributed by atoms with Gasteiger partial charge < -0.3 is 10.2 Å². The number of hydrogen-bond donors (Lipinski definition) is 1. The number of carbonyl (C=O) groups is 2. The average molecular weight is 294 g/mol. The zero-order chi connectivity index (χ0) is 15.6. The molecule has 120 valence electrons. The van der Waals surface area contributed by atoms with Gasteiger partial charge in [-0.05, 0) is 45.4 Å². The standard InChI is InChI=1S/C17H30N2O2/c1-5-15(20)19-11-13-9-7-6-8-12(13)10-14(19)16(21)18-17(2,3)4/h12-14H,5-11H2,1-4H3,(H,18,21)/t12-,13+,14?/m0/s1. The summed E-state index contributed by atoms with van der Waals surface area (Å²) in [6.07, 6.45) is 6.31. The molecule has 1 unspecified atom stereocenters. The first-order chi connectivity index (χ1) is 9.81. The van der Waals surface area contributed by atoms with Gasteiger partial charge in [-0.15, -0.1) is 0 Å². The molecule has 0 bridgehead atoms. The lowest BCUT2D eigenvalue weighted by Gasteiger charge is -2.46. The SMILES string of the molecule is CCC(=O)N1C[C@H]2CCCC[C@H]2CC1C(=O)NC(C)(C)C. The molecule has 0 spiro atoms. The highest BCUT2D eigenvalue weighted by Crippen LogP contribution is 2.38. The van der Waals surface area contributed by atoms with Gasteiger partial charge in [0.15, 0.2) is 0 Å². The Morgan fingerprint density at radius 3 is 2.33 bits per heavy atom. The van der Waals surface area contributed by atoms with Gasteiger partial charge in [0.05, 0.1) is 0 Å². The van der Waals surface area contributed by atoms with Crippen molar-refractivity contribution in [2.45, 2.75) is 77.8 Å². The Hall–Kier alpha value is -1.06. The molecule has 1 aliphatic heterocycles. The quantitative estimate of drug-likeness (QED) is 0.851. The summed E-state index contributed by atoms with van der Waals surface area (Å²) in [5.41, 5.74) is -0.249. The molecule has 1 N–H and O–H groups in total. The third-order valence-electron chi connectivity index (χ3n) is 4.82. The molecule has 1 saturated carbocycles. The van der Waals surface area contributed by atoms with E-state index in [1.807, 2.05) is 32.6 Å². The Morgan fingerprint density at radius 2 is 1.76 bits per heavy atom. The van der Waals surface area contributed by atoms with Crippen LogP contribution in [0.1, 0.15) is 66.2 Å². The molecule has 2 amide bonds. The second-order valence-electron chi connectivity index (χ2n) is 7.70. The Labute approximate surface area is 128 Å². The first-order valence-electron chi connectivity index (χ1n) is 8.43. The van der Waals surface area contributed by atoms with Crippen LogP contribution in [0.3, 0.4) is 0 Å². The first-order valence-corrected chi connectivity index (χ1v) is 8.43. The zero-order valence-corrected chi connectivity index (χ0v) is 13.9. The van der Waals surface area contributed by atoms with Crippen LogP contribution in [0.25, 0.3) is 0 Å². The van der Waals surface area contributed by atoms with Crippen LogP contribution in [0.5, 0.6) is 0 Å². The minimum atomic E-state index is -0.268. The van der Waals surface area contributed by atoms with Crippen molar-refractivity contribution >= 4 is 11.8 Å². The third kappa shape index (κ3) is 3.98. The molecule has 0 aromatic carbocycles. The number of hydrogen-bond acceptors (Lipinski definition) is 2. The van der Waals surface area contributed by atoms with Crippen LogP contribution in [-0.2, 0) is 9.59 Å². The molecular weight excluding hydrogens is 264 g/mol. The van der Waals surface area contributed by atoms with E-state index >= 15 is 0 Å². The van der Waals surface area contributed by atoms with E-state index < -0.39 is 0 Å². The summed E-state index contributed by atoms with van der Waals surface area (Å²) in [4.78, 5) is 26.7. The second-order valence-corrected chi connectivity index (χ2v) is 7.70. The van der Waals surface area contributed by atoms with Crippen molar-refractivity contribution in [3.8, 4) is 0 Å². The fourth-order valence-electron chi connectivity index (χ4n) is 3.81. The van der Waals surface area contributed by atoms with Crippen molar-refractivity contribution in [1.82, 2.24) is 10.2 Å². The van der Waals surface area contributed by atoms with Crippen molar-refractivity contribution in [3.05, 3.63) is 0 Å². The zero-order valence-electron chi connectivity index (χ0n) is 13.9. The molecule has 2 aliphatic rings. The van der Waals surface area contributed by atoms with Gasteiger partial charge in [-0.25, -0.2) is 0 Å². The number of nitrogens with zero attached hydrogens (tertiary/aromatic N) is 1. The fraction of sp³-hybridized carbons (Fsp3) is 0.882. The van der Waals surface area contributed by atoms with Crippen LogP contribution >= 0.6 is 0 Å². The minimum Gasteiger partial charge on any atom is -0.350 e. The van der Waals surface area contributed by atoms with Crippen molar-refractivity contribution in [2.24, 2.45) is 11.8 Å². The summed E-state index contributed by atoms with van der Waals surface area (Å²) in [6, 6.07) is -0.268. The lowest BCUT2D eigenvalue weighted by molar-refractivity contribution is -0.146. The third-order valence-corrected chi connectivity index (χ3v) is 4.82. The molecule has 21 heavy (non-hydrogen) atoms. The van der Waals surface area contributed by atoms with Crippen LogP contribution in [0, 0.1) is 11.8 Å². The van der Waals surface area contributed by atoms with Gasteiger partial charge in [0.25, 0.3) is 0 Å². The summed E-state index contributed by atoms with van der Waals surface area (Å²) in [5, 5.41) is 3.06. The van der Waals surface area contributed by atoms with Gasteiger partial charge in [0, 0.05) is 18.5 Å². The van der Waals surface area contributed by atoms with E-state index in [2.05, 4.69) is 5.32 Å². The van der Waals surface area contributed by atoms with Gasteiger partial charge >= 0.3 is 0 Å². The van der Waals surface area contributed by atoms with E-state index in [1.54, 1.807) is 0 Å². The summed E-state index contributed by atoms with van der Waals surface area (Å²) < 4.78 is 0. The molecule has 2 fully saturated rings. The molecule has 1 saturated heterocycles. The monoisotopic (exact) mass is 294 g/mol. The molecule has 0 radical (unpaired) electrons. The number of rotatable bonds is 2. The van der Waals surface area contributed by atoms with Gasteiger partial charge in [-0.3, -0.25) is 9.59 Å². The lowest BCUT2D eigenvalue weighted by atomic mass is 9.72. The fourth-order valence-corrected chi connectivity index (χ4v) is 3.81. The number of piperidine rings is 1. The molecule has 0 aromatic heterocycles. The molecule has 4 heteroatoms. The van der Waals surface area contributed by atoms with Crippen LogP contribution in [0.2, 0.25) is 0 Å². The number of carbonyl (C=O) groups excluding carboxylic acids is 2. The summed E-state index contributed by atoms with van der Waals surface area (Å²) in [5.74, 6) is 1.37. The lowest BCUT2D eigenvalue weighted by Crippen LogP contribution is -2.58. The highest BCUT2D eigenvalue weighted by molar-refractivity contribution is 5.88. The molecular formula is C17H30N2O2. The molecule has 0 aromatic rings. The minimum absolute atomic E-state index is 0.0216. The normalized spacial score (nSPS) is 29.7. The topological polar surface area (TPSA) is 49.4 Å². The Morgan fingerprint density at radius 1 is 1.14 bits per heavy atom. The maximum atomic E-state index is 12.6. The van der Waals surface area contributed by atoms with Gasteiger partial charge in [-0.2, -0.15) is 0 Å². The smallest absolute Gasteiger partial charge is 0.243 e. The van der Waals surface area contributed by atoms with Crippen LogP contribution in [-0.4, -0.2) is 34.8 Å². The van der Waals surface area contributed by atoms with E-state index in [4.69, 9.17) is 0 Å². The van der Waals surface area contributed by atoms with Crippen molar-refractivity contribution < 1.29 is 9.59 Å². The highest BCUT2D eigenvalue weighted by atomic mass is 16.2. The van der Waals surface area contributed by atoms with Crippen molar-refractivity contribution in [2.75, 3.05) is 6.54 Å². The predicted octanol–water partition coefficient (Wildman–Crippen LogP) is 2.72. The maximum Gasteiger partial charge on any atom is 0.243 e. The number of fused-ring (bicyclic) bond motifs is 1. The van der Waals surface area contributed by atoms with Crippen LogP contribution in [0.4, 0.5) is 0 Å². The van der Waals surface area contributed by atoms with E-state index in [-0.39, 0.29) is 23.4 Å². The second kappa shape index (κ2) is 6.37. The van der Waals surface area contributed by atoms with Gasteiger partial charge in [-0.1, -0.05) is 26.2 Å². The summed E-state index contributed by atoms with van der Waals surface area (Å²) >= 11 is 0. The van der Waals surface area contributed by atoms with Crippen LogP contribution < -0.4 is 5.32 Å². The van der Waals surface area contributed by atoms with E-state index in [9.17, 15) is 9.59 Å². The molecule has 4 nitrogen and oxygen atoms in total. The van der Waals surface area contributed by atoms with Crippen molar-refractivity contribution in [3.63, 3.8) is 0 Å². The first kappa shape index (κ1) is 16.3. The van der Waals surface area contributed by atoms with E-state index in [0.29, 0.717) is 18.3 Å². The number of amides is 2. The molecule has 1 aliphatic carbocycles. The van der Waals surface area contributed by atoms with Gasteiger partial charge in [0.2, 0.25) is 11.8 Å². The maximum absolute atomic E-state index is 12.6. The molecule has 3 atom stereocenters. The Bertz CT molecular complexity index is 400. The largest absolute Gasteiger partial charge is 0.350 e. The van der Waals surface area contributed by atoms with E-state index in [1.165, 1.54) is 25.7 Å². The van der Waals surface area contributed by atoms with Gasteiger partial charge in [0.1, 0.15) is 6.04 Å². The number of nitrogens with one attached hydrogen (secondary N) is 1. The predicted molar refractivity (Wildman–Crippen MR) is 83.8 cm³/mol. The molecule has 2 rings (SSSR count).